The molecule has 0 spiro atoms. The van der Waals surface area contributed by atoms with E-state index in [-0.39, 0.29) is 12.0 Å². The molecule has 1 saturated carbocycles. The van der Waals surface area contributed by atoms with Crippen molar-refractivity contribution in [3.05, 3.63) is 76.7 Å². The number of ether oxygens (including phenoxy) is 2. The SMILES string of the molecule is COc1cc(-c2ccc(C3CCc4ccc([C@H](C5CC5)[C@H](C)C(=O)O)cc4O3)c(CN(C(C)C)C(C)C)c2)c(F)cn1. The normalized spacial score (nSPS) is 18.1. The van der Waals surface area contributed by atoms with E-state index in [4.69, 9.17) is 9.47 Å². The molecule has 0 amide bonds. The second kappa shape index (κ2) is 12.4. The number of nitrogens with zero attached hydrogens (tertiary/aromatic N) is 2. The first-order valence-electron chi connectivity index (χ1n) is 15.2. The van der Waals surface area contributed by atoms with Gasteiger partial charge in [-0.25, -0.2) is 9.37 Å². The third-order valence-electron chi connectivity index (χ3n) is 9.00. The van der Waals surface area contributed by atoms with E-state index in [0.29, 0.717) is 36.0 Å². The minimum atomic E-state index is -0.753. The van der Waals surface area contributed by atoms with Crippen LogP contribution in [0, 0.1) is 17.7 Å². The van der Waals surface area contributed by atoms with Gasteiger partial charge in [-0.05, 0) is 105 Å². The van der Waals surface area contributed by atoms with Gasteiger partial charge in [-0.2, -0.15) is 0 Å². The lowest BCUT2D eigenvalue weighted by Crippen LogP contribution is -2.36. The molecule has 1 fully saturated rings. The second-order valence-electron chi connectivity index (χ2n) is 12.5. The van der Waals surface area contributed by atoms with Crippen molar-refractivity contribution >= 4 is 5.97 Å². The van der Waals surface area contributed by atoms with Crippen molar-refractivity contribution in [3.63, 3.8) is 0 Å². The Hall–Kier alpha value is -3.45. The maximum absolute atomic E-state index is 14.9. The summed E-state index contributed by atoms with van der Waals surface area (Å²) in [6.07, 6.45) is 4.89. The Kier molecular flexibility index (Phi) is 8.88. The van der Waals surface area contributed by atoms with Crippen LogP contribution in [0.4, 0.5) is 4.39 Å². The number of carbonyl (C=O) groups is 1. The number of pyridine rings is 1. The predicted octanol–water partition coefficient (Wildman–Crippen LogP) is 7.80. The number of carboxylic acids is 1. The van der Waals surface area contributed by atoms with Crippen molar-refractivity contribution < 1.29 is 23.8 Å². The highest BCUT2D eigenvalue weighted by Gasteiger charge is 2.39. The first-order chi connectivity index (χ1) is 20.1. The van der Waals surface area contributed by atoms with Crippen LogP contribution in [0.1, 0.15) is 88.2 Å². The number of benzene rings is 2. The molecular weight excluding hydrogens is 531 g/mol. The molecule has 3 atom stereocenters. The molecule has 1 aliphatic carbocycles. The maximum Gasteiger partial charge on any atom is 0.306 e. The topological polar surface area (TPSA) is 71.9 Å². The highest BCUT2D eigenvalue weighted by Crippen LogP contribution is 2.48. The van der Waals surface area contributed by atoms with Gasteiger partial charge >= 0.3 is 5.97 Å². The molecule has 3 aromatic rings. The highest BCUT2D eigenvalue weighted by molar-refractivity contribution is 5.71. The fourth-order valence-electron chi connectivity index (χ4n) is 6.53. The van der Waals surface area contributed by atoms with Crippen molar-refractivity contribution in [2.24, 2.45) is 11.8 Å². The average Bonchev–Trinajstić information content (AvgIpc) is 3.80. The second-order valence-corrected chi connectivity index (χ2v) is 12.5. The molecule has 6 nitrogen and oxygen atoms in total. The van der Waals surface area contributed by atoms with Crippen molar-refractivity contribution in [1.29, 1.82) is 0 Å². The molecule has 2 heterocycles. The molecule has 2 aromatic carbocycles. The van der Waals surface area contributed by atoms with Crippen molar-refractivity contribution in [2.45, 2.75) is 91.0 Å². The van der Waals surface area contributed by atoms with Gasteiger partial charge in [-0.3, -0.25) is 9.69 Å². The number of methoxy groups -OCH3 is 1. The van der Waals surface area contributed by atoms with Crippen LogP contribution in [-0.2, 0) is 17.8 Å². The molecule has 0 radical (unpaired) electrons. The fourth-order valence-corrected chi connectivity index (χ4v) is 6.53. The van der Waals surface area contributed by atoms with E-state index in [1.165, 1.54) is 13.3 Å². The standard InChI is InChI=1S/C35H43FN2O4/c1-20(2)38(21(3)4)19-27-15-25(29-17-33(41-6)37-18-30(29)36)11-13-28(27)31-14-12-23-7-10-26(16-32(23)42-31)34(24-8-9-24)22(5)35(39)40/h7,10-11,13,15-18,20-22,24,31,34H,8-9,12,14,19H2,1-6H3,(H,39,40)/t22-,31?,34-/m0/s1. The van der Waals surface area contributed by atoms with Gasteiger partial charge in [0.1, 0.15) is 17.7 Å². The van der Waals surface area contributed by atoms with Crippen LogP contribution in [0.15, 0.2) is 48.7 Å². The largest absolute Gasteiger partial charge is 0.485 e. The van der Waals surface area contributed by atoms with E-state index in [0.717, 1.165) is 59.3 Å². The lowest BCUT2D eigenvalue weighted by atomic mass is 9.82. The van der Waals surface area contributed by atoms with E-state index in [2.05, 4.69) is 67.9 Å². The Labute approximate surface area is 248 Å². The Balaban J connectivity index is 1.51. The smallest absolute Gasteiger partial charge is 0.306 e. The molecule has 1 N–H and O–H groups in total. The maximum atomic E-state index is 14.9. The van der Waals surface area contributed by atoms with Crippen molar-refractivity contribution in [1.82, 2.24) is 9.88 Å². The van der Waals surface area contributed by atoms with Gasteiger partial charge in [0.15, 0.2) is 0 Å². The van der Waals surface area contributed by atoms with Crippen LogP contribution >= 0.6 is 0 Å². The molecule has 224 valence electrons. The van der Waals surface area contributed by atoms with Crippen LogP contribution in [0.3, 0.4) is 0 Å². The zero-order valence-corrected chi connectivity index (χ0v) is 25.6. The van der Waals surface area contributed by atoms with Gasteiger partial charge in [-0.1, -0.05) is 31.2 Å². The summed E-state index contributed by atoms with van der Waals surface area (Å²) in [7, 11) is 1.53. The number of aryl methyl sites for hydroxylation is 1. The summed E-state index contributed by atoms with van der Waals surface area (Å²) >= 11 is 0. The third-order valence-corrected chi connectivity index (χ3v) is 9.00. The summed E-state index contributed by atoms with van der Waals surface area (Å²) in [5.74, 6) is 0.0255. The van der Waals surface area contributed by atoms with E-state index >= 15 is 0 Å². The van der Waals surface area contributed by atoms with Crippen molar-refractivity contribution in [3.8, 4) is 22.8 Å². The lowest BCUT2D eigenvalue weighted by Gasteiger charge is -2.34. The number of halogens is 1. The Morgan fingerprint density at radius 2 is 1.81 bits per heavy atom. The minimum absolute atomic E-state index is 0.00971. The number of rotatable bonds is 11. The molecule has 7 heteroatoms. The Morgan fingerprint density at radius 3 is 2.45 bits per heavy atom. The summed E-state index contributed by atoms with van der Waals surface area (Å²) in [5, 5.41) is 9.78. The quantitative estimate of drug-likeness (QED) is 0.252. The minimum Gasteiger partial charge on any atom is -0.485 e. The number of fused-ring (bicyclic) bond motifs is 1. The van der Waals surface area contributed by atoms with E-state index in [9.17, 15) is 14.3 Å². The fraction of sp³-hybridized carbons (Fsp3) is 0.486. The van der Waals surface area contributed by atoms with Crippen LogP contribution in [0.5, 0.6) is 11.6 Å². The summed E-state index contributed by atoms with van der Waals surface area (Å²) in [4.78, 5) is 18.3. The Morgan fingerprint density at radius 1 is 1.07 bits per heavy atom. The molecule has 0 saturated heterocycles. The molecule has 5 rings (SSSR count). The van der Waals surface area contributed by atoms with Gasteiger partial charge < -0.3 is 14.6 Å². The molecule has 42 heavy (non-hydrogen) atoms. The van der Waals surface area contributed by atoms with E-state index in [1.54, 1.807) is 6.07 Å². The zero-order valence-electron chi connectivity index (χ0n) is 25.6. The number of hydrogen-bond donors (Lipinski definition) is 1. The molecule has 1 aromatic heterocycles. The van der Waals surface area contributed by atoms with Gasteiger partial charge in [0, 0.05) is 30.3 Å². The van der Waals surface area contributed by atoms with Crippen molar-refractivity contribution in [2.75, 3.05) is 7.11 Å². The third kappa shape index (κ3) is 6.31. The number of aromatic nitrogens is 1. The summed E-state index contributed by atoms with van der Waals surface area (Å²) in [6, 6.07) is 14.7. The first-order valence-corrected chi connectivity index (χ1v) is 15.2. The van der Waals surface area contributed by atoms with Crippen LogP contribution < -0.4 is 9.47 Å². The van der Waals surface area contributed by atoms with Crippen LogP contribution in [0.2, 0.25) is 0 Å². The van der Waals surface area contributed by atoms with E-state index < -0.39 is 17.7 Å². The molecule has 0 bridgehead atoms. The molecule has 2 aliphatic rings. The van der Waals surface area contributed by atoms with Gasteiger partial charge in [0.2, 0.25) is 5.88 Å². The lowest BCUT2D eigenvalue weighted by molar-refractivity contribution is -0.142. The van der Waals surface area contributed by atoms with E-state index in [1.807, 2.05) is 13.0 Å². The predicted molar refractivity (Wildman–Crippen MR) is 162 cm³/mol. The highest BCUT2D eigenvalue weighted by atomic mass is 19.1. The first kappa shape index (κ1) is 30.0. The molecule has 1 aliphatic heterocycles. The summed E-state index contributed by atoms with van der Waals surface area (Å²) in [6.45, 7) is 11.3. The summed E-state index contributed by atoms with van der Waals surface area (Å²) < 4.78 is 26.9. The molecule has 1 unspecified atom stereocenters. The monoisotopic (exact) mass is 574 g/mol. The van der Waals surface area contributed by atoms with Crippen LogP contribution in [-0.4, -0.2) is 40.2 Å². The van der Waals surface area contributed by atoms with Gasteiger partial charge in [0.05, 0.1) is 19.2 Å². The number of hydrogen-bond acceptors (Lipinski definition) is 5. The number of aliphatic carboxylic acids is 1. The average molecular weight is 575 g/mol. The van der Waals surface area contributed by atoms with Crippen LogP contribution in [0.25, 0.3) is 11.1 Å². The van der Waals surface area contributed by atoms with Gasteiger partial charge in [-0.15, -0.1) is 0 Å². The van der Waals surface area contributed by atoms with Gasteiger partial charge in [0.25, 0.3) is 0 Å². The zero-order chi connectivity index (χ0) is 30.1. The molecular formula is C35H43FN2O4. The summed E-state index contributed by atoms with van der Waals surface area (Å²) in [5.41, 5.74) is 5.63. The number of carboxylic acid groups (broad SMARTS) is 1. The Bertz CT molecular complexity index is 1430.